The van der Waals surface area contributed by atoms with Crippen LogP contribution in [0.15, 0.2) is 6.07 Å². The first-order chi connectivity index (χ1) is 9.88. The predicted molar refractivity (Wildman–Crippen MR) is 76.2 cm³/mol. The normalized spacial score (nSPS) is 22.3. The van der Waals surface area contributed by atoms with Gasteiger partial charge in [0.2, 0.25) is 5.95 Å². The third-order valence-electron chi connectivity index (χ3n) is 3.60. The Labute approximate surface area is 122 Å². The van der Waals surface area contributed by atoms with Gasteiger partial charge in [0.15, 0.2) is 5.69 Å². The molecule has 0 amide bonds. The minimum absolute atomic E-state index is 0.0280. The quantitative estimate of drug-likeness (QED) is 0.865. The van der Waals surface area contributed by atoms with Crippen molar-refractivity contribution < 1.29 is 13.2 Å². The molecule has 0 aliphatic heterocycles. The van der Waals surface area contributed by atoms with E-state index < -0.39 is 11.9 Å². The third-order valence-corrected chi connectivity index (χ3v) is 3.60. The van der Waals surface area contributed by atoms with E-state index in [0.29, 0.717) is 12.5 Å². The molecule has 0 spiro atoms. The second kappa shape index (κ2) is 6.49. The van der Waals surface area contributed by atoms with Gasteiger partial charge in [0, 0.05) is 18.7 Å². The van der Waals surface area contributed by atoms with Gasteiger partial charge in [0.05, 0.1) is 0 Å². The molecule has 2 atom stereocenters. The SMILES string of the molecule is CCCNc1nc(NC2CCC(C)C2)cc(C(F)(F)F)n1. The zero-order chi connectivity index (χ0) is 15.5. The van der Waals surface area contributed by atoms with E-state index in [2.05, 4.69) is 27.5 Å². The maximum atomic E-state index is 12.9. The van der Waals surface area contributed by atoms with Gasteiger partial charge in [-0.1, -0.05) is 13.8 Å². The molecule has 1 aromatic rings. The van der Waals surface area contributed by atoms with E-state index in [-0.39, 0.29) is 17.8 Å². The number of anilines is 2. The molecule has 2 unspecified atom stereocenters. The average molecular weight is 302 g/mol. The fourth-order valence-corrected chi connectivity index (χ4v) is 2.53. The molecule has 118 valence electrons. The topological polar surface area (TPSA) is 49.8 Å². The monoisotopic (exact) mass is 302 g/mol. The van der Waals surface area contributed by atoms with Crippen LogP contribution in [0.1, 0.15) is 45.2 Å². The van der Waals surface area contributed by atoms with Crippen molar-refractivity contribution >= 4 is 11.8 Å². The van der Waals surface area contributed by atoms with Crippen LogP contribution in [-0.4, -0.2) is 22.6 Å². The summed E-state index contributed by atoms with van der Waals surface area (Å²) in [7, 11) is 0. The molecule has 1 aromatic heterocycles. The molecular formula is C14H21F3N4. The molecule has 21 heavy (non-hydrogen) atoms. The number of aromatic nitrogens is 2. The highest BCUT2D eigenvalue weighted by Gasteiger charge is 2.34. The van der Waals surface area contributed by atoms with Crippen LogP contribution in [0.2, 0.25) is 0 Å². The molecule has 0 bridgehead atoms. The summed E-state index contributed by atoms with van der Waals surface area (Å²) in [5.74, 6) is 0.874. The van der Waals surface area contributed by atoms with Crippen molar-refractivity contribution in [2.24, 2.45) is 5.92 Å². The van der Waals surface area contributed by atoms with Crippen LogP contribution in [0.5, 0.6) is 0 Å². The number of nitrogens with one attached hydrogen (secondary N) is 2. The first kappa shape index (κ1) is 15.9. The molecule has 1 aliphatic carbocycles. The number of rotatable bonds is 5. The molecule has 0 radical (unpaired) electrons. The van der Waals surface area contributed by atoms with Crippen molar-refractivity contribution in [3.8, 4) is 0 Å². The molecule has 1 heterocycles. The molecule has 7 heteroatoms. The Morgan fingerprint density at radius 2 is 2.05 bits per heavy atom. The molecular weight excluding hydrogens is 281 g/mol. The van der Waals surface area contributed by atoms with Gasteiger partial charge in [-0.15, -0.1) is 0 Å². The van der Waals surface area contributed by atoms with Crippen molar-refractivity contribution in [2.45, 2.75) is 51.7 Å². The van der Waals surface area contributed by atoms with Gasteiger partial charge in [-0.2, -0.15) is 18.2 Å². The summed E-state index contributed by atoms with van der Waals surface area (Å²) < 4.78 is 38.7. The maximum Gasteiger partial charge on any atom is 0.433 e. The lowest BCUT2D eigenvalue weighted by atomic mass is 10.1. The Morgan fingerprint density at radius 3 is 2.62 bits per heavy atom. The van der Waals surface area contributed by atoms with Crippen molar-refractivity contribution in [1.82, 2.24) is 9.97 Å². The molecule has 2 rings (SSSR count). The second-order valence-electron chi connectivity index (χ2n) is 5.65. The predicted octanol–water partition coefficient (Wildman–Crippen LogP) is 3.92. The van der Waals surface area contributed by atoms with Crippen molar-refractivity contribution in [3.63, 3.8) is 0 Å². The van der Waals surface area contributed by atoms with Gasteiger partial charge in [0.1, 0.15) is 5.82 Å². The summed E-state index contributed by atoms with van der Waals surface area (Å²) in [5.41, 5.74) is -0.912. The van der Waals surface area contributed by atoms with Crippen molar-refractivity contribution in [1.29, 1.82) is 0 Å². The van der Waals surface area contributed by atoms with Crippen LogP contribution < -0.4 is 10.6 Å². The lowest BCUT2D eigenvalue weighted by Crippen LogP contribution is -2.19. The lowest BCUT2D eigenvalue weighted by molar-refractivity contribution is -0.141. The van der Waals surface area contributed by atoms with Crippen LogP contribution in [0, 0.1) is 5.92 Å². The van der Waals surface area contributed by atoms with Gasteiger partial charge >= 0.3 is 6.18 Å². The van der Waals surface area contributed by atoms with Gasteiger partial charge < -0.3 is 10.6 Å². The maximum absolute atomic E-state index is 12.9. The molecule has 1 saturated carbocycles. The molecule has 2 N–H and O–H groups in total. The third kappa shape index (κ3) is 4.47. The van der Waals surface area contributed by atoms with Gasteiger partial charge in [0.25, 0.3) is 0 Å². The molecule has 0 saturated heterocycles. The fourth-order valence-electron chi connectivity index (χ4n) is 2.53. The Morgan fingerprint density at radius 1 is 1.29 bits per heavy atom. The molecule has 0 aromatic carbocycles. The summed E-state index contributed by atoms with van der Waals surface area (Å²) in [6, 6.07) is 1.18. The van der Waals surface area contributed by atoms with Gasteiger partial charge in [-0.05, 0) is 31.6 Å². The van der Waals surface area contributed by atoms with Gasteiger partial charge in [-0.3, -0.25) is 0 Å². The zero-order valence-electron chi connectivity index (χ0n) is 12.3. The van der Waals surface area contributed by atoms with Crippen LogP contribution in [0.4, 0.5) is 24.9 Å². The summed E-state index contributed by atoms with van der Waals surface area (Å²) in [4.78, 5) is 7.68. The molecule has 1 fully saturated rings. The molecule has 1 aliphatic rings. The standard InChI is InChI=1S/C14H21F3N4/c1-3-6-18-13-20-11(14(15,16)17)8-12(21-13)19-10-5-4-9(2)7-10/h8-10H,3-7H2,1-2H3,(H2,18,19,20,21). The number of hydrogen-bond donors (Lipinski definition) is 2. The van der Waals surface area contributed by atoms with E-state index in [9.17, 15) is 13.2 Å². The van der Waals surface area contributed by atoms with E-state index in [4.69, 9.17) is 0 Å². The van der Waals surface area contributed by atoms with Crippen LogP contribution in [0.3, 0.4) is 0 Å². The Hall–Kier alpha value is -1.53. The number of alkyl halides is 3. The highest BCUT2D eigenvalue weighted by Crippen LogP contribution is 2.31. The van der Waals surface area contributed by atoms with E-state index in [1.54, 1.807) is 0 Å². The Bertz CT molecular complexity index is 476. The highest BCUT2D eigenvalue weighted by atomic mass is 19.4. The van der Waals surface area contributed by atoms with Crippen molar-refractivity contribution in [2.75, 3.05) is 17.2 Å². The minimum atomic E-state index is -4.47. The number of hydrogen-bond acceptors (Lipinski definition) is 4. The van der Waals surface area contributed by atoms with Crippen LogP contribution in [-0.2, 0) is 6.18 Å². The largest absolute Gasteiger partial charge is 0.433 e. The van der Waals surface area contributed by atoms with E-state index >= 15 is 0 Å². The first-order valence-corrected chi connectivity index (χ1v) is 7.35. The Kier molecular flexibility index (Phi) is 4.90. The highest BCUT2D eigenvalue weighted by molar-refractivity contribution is 5.44. The number of nitrogens with zero attached hydrogens (tertiary/aromatic N) is 2. The summed E-state index contributed by atoms with van der Waals surface area (Å²) >= 11 is 0. The van der Waals surface area contributed by atoms with E-state index in [1.807, 2.05) is 6.92 Å². The summed E-state index contributed by atoms with van der Waals surface area (Å²) in [6.45, 7) is 4.62. The summed E-state index contributed by atoms with van der Waals surface area (Å²) in [6.07, 6.45) is -0.656. The lowest BCUT2D eigenvalue weighted by Gasteiger charge is -2.16. The average Bonchev–Trinajstić information content (AvgIpc) is 2.80. The Balaban J connectivity index is 2.18. The molecule has 4 nitrogen and oxygen atoms in total. The summed E-state index contributed by atoms with van der Waals surface area (Å²) in [5, 5.41) is 5.93. The number of halogens is 3. The van der Waals surface area contributed by atoms with E-state index in [1.165, 1.54) is 0 Å². The van der Waals surface area contributed by atoms with Gasteiger partial charge in [-0.25, -0.2) is 4.98 Å². The second-order valence-corrected chi connectivity index (χ2v) is 5.65. The smallest absolute Gasteiger partial charge is 0.367 e. The zero-order valence-corrected chi connectivity index (χ0v) is 12.3. The fraction of sp³-hybridized carbons (Fsp3) is 0.714. The van der Waals surface area contributed by atoms with Crippen molar-refractivity contribution in [3.05, 3.63) is 11.8 Å². The van der Waals surface area contributed by atoms with E-state index in [0.717, 1.165) is 31.7 Å². The first-order valence-electron chi connectivity index (χ1n) is 7.35. The van der Waals surface area contributed by atoms with Crippen LogP contribution >= 0.6 is 0 Å². The minimum Gasteiger partial charge on any atom is -0.367 e. The van der Waals surface area contributed by atoms with Crippen LogP contribution in [0.25, 0.3) is 0 Å².